The van der Waals surface area contributed by atoms with Crippen LogP contribution in [0.5, 0.6) is 5.75 Å². The van der Waals surface area contributed by atoms with E-state index in [4.69, 9.17) is 4.74 Å². The summed E-state index contributed by atoms with van der Waals surface area (Å²) in [6, 6.07) is 12.2. The van der Waals surface area contributed by atoms with Gasteiger partial charge in [0.05, 0.1) is 11.1 Å². The molecule has 2 rings (SSSR count). The van der Waals surface area contributed by atoms with E-state index in [1.165, 1.54) is 0 Å². The summed E-state index contributed by atoms with van der Waals surface area (Å²) in [6.07, 6.45) is 0.918. The fourth-order valence-electron chi connectivity index (χ4n) is 2.56. The Bertz CT molecular complexity index is 787. The largest absolute Gasteiger partial charge is 0.492 e. The van der Waals surface area contributed by atoms with E-state index in [0.29, 0.717) is 42.3 Å². The Hall–Kier alpha value is -2.34. The number of anilines is 1. The van der Waals surface area contributed by atoms with Crippen LogP contribution >= 0.6 is 15.9 Å². The highest BCUT2D eigenvalue weighted by molar-refractivity contribution is 9.10. The van der Waals surface area contributed by atoms with E-state index in [1.54, 1.807) is 47.4 Å². The Morgan fingerprint density at radius 2 is 1.63 bits per heavy atom. The predicted molar refractivity (Wildman–Crippen MR) is 112 cm³/mol. The second-order valence-electron chi connectivity index (χ2n) is 6.00. The Kier molecular flexibility index (Phi) is 7.85. The fraction of sp³-hybridized carbons (Fsp3) is 0.333. The highest BCUT2D eigenvalue weighted by Crippen LogP contribution is 2.26. The zero-order chi connectivity index (χ0) is 19.8. The zero-order valence-electron chi connectivity index (χ0n) is 15.9. The van der Waals surface area contributed by atoms with Crippen LogP contribution in [0.1, 0.15) is 47.9 Å². The van der Waals surface area contributed by atoms with Gasteiger partial charge in [0.15, 0.2) is 0 Å². The summed E-state index contributed by atoms with van der Waals surface area (Å²) in [5.74, 6) is 0.484. The molecule has 0 bridgehead atoms. The minimum absolute atomic E-state index is 0.00975. The number of ether oxygens (including phenoxy) is 1. The second-order valence-corrected chi connectivity index (χ2v) is 6.86. The number of hydrogen-bond acceptors (Lipinski definition) is 3. The topological polar surface area (TPSA) is 58.6 Å². The molecule has 0 atom stereocenters. The molecule has 6 heteroatoms. The van der Waals surface area contributed by atoms with Crippen molar-refractivity contribution in [1.29, 1.82) is 0 Å². The van der Waals surface area contributed by atoms with Crippen LogP contribution in [0, 0.1) is 0 Å². The van der Waals surface area contributed by atoms with E-state index in [1.807, 2.05) is 20.8 Å². The molecule has 0 spiro atoms. The van der Waals surface area contributed by atoms with Crippen molar-refractivity contribution in [3.8, 4) is 5.75 Å². The molecule has 0 fully saturated rings. The first kappa shape index (κ1) is 21.0. The quantitative estimate of drug-likeness (QED) is 0.640. The van der Waals surface area contributed by atoms with Gasteiger partial charge in [0.2, 0.25) is 0 Å². The molecule has 0 heterocycles. The van der Waals surface area contributed by atoms with Gasteiger partial charge in [-0.15, -0.1) is 0 Å². The average molecular weight is 433 g/mol. The Labute approximate surface area is 168 Å². The van der Waals surface area contributed by atoms with E-state index >= 15 is 0 Å². The average Bonchev–Trinajstić information content (AvgIpc) is 2.68. The van der Waals surface area contributed by atoms with Gasteiger partial charge in [-0.1, -0.05) is 6.92 Å². The molecule has 2 aromatic rings. The number of rotatable bonds is 8. The fourth-order valence-corrected chi connectivity index (χ4v) is 3.06. The monoisotopic (exact) mass is 432 g/mol. The van der Waals surface area contributed by atoms with Crippen LogP contribution in [0.3, 0.4) is 0 Å². The molecular formula is C21H25BrN2O3. The highest BCUT2D eigenvalue weighted by Gasteiger charge is 2.13. The standard InChI is InChI=1S/C21H25BrN2O3/c1-4-13-27-19-12-9-16(14-18(19)22)20(25)23-17-10-7-15(8-11-17)21(26)24(5-2)6-3/h7-12,14H,4-6,13H2,1-3H3,(H,23,25). The maximum atomic E-state index is 12.5. The molecular weight excluding hydrogens is 408 g/mol. The number of carbonyl (C=O) groups is 2. The smallest absolute Gasteiger partial charge is 0.255 e. The number of benzene rings is 2. The van der Waals surface area contributed by atoms with Crippen LogP contribution < -0.4 is 10.1 Å². The van der Waals surface area contributed by atoms with Crippen molar-refractivity contribution < 1.29 is 14.3 Å². The van der Waals surface area contributed by atoms with Crippen molar-refractivity contribution in [2.75, 3.05) is 25.0 Å². The molecule has 0 saturated heterocycles. The summed E-state index contributed by atoms with van der Waals surface area (Å²) in [6.45, 7) is 7.90. The van der Waals surface area contributed by atoms with Gasteiger partial charge in [0, 0.05) is 29.9 Å². The van der Waals surface area contributed by atoms with Crippen LogP contribution in [0.15, 0.2) is 46.9 Å². The van der Waals surface area contributed by atoms with Gasteiger partial charge in [-0.25, -0.2) is 0 Å². The molecule has 0 aromatic heterocycles. The van der Waals surface area contributed by atoms with Gasteiger partial charge in [0.1, 0.15) is 5.75 Å². The third-order valence-electron chi connectivity index (χ3n) is 4.10. The summed E-state index contributed by atoms with van der Waals surface area (Å²) in [4.78, 5) is 26.5. The molecule has 2 aromatic carbocycles. The van der Waals surface area contributed by atoms with Crippen molar-refractivity contribution in [3.05, 3.63) is 58.1 Å². The van der Waals surface area contributed by atoms with Crippen LogP contribution in [-0.4, -0.2) is 36.4 Å². The number of carbonyl (C=O) groups excluding carboxylic acids is 2. The van der Waals surface area contributed by atoms with Crippen molar-refractivity contribution in [2.45, 2.75) is 27.2 Å². The maximum absolute atomic E-state index is 12.5. The summed E-state index contributed by atoms with van der Waals surface area (Å²) in [7, 11) is 0. The molecule has 0 saturated carbocycles. The normalized spacial score (nSPS) is 10.4. The number of hydrogen-bond donors (Lipinski definition) is 1. The lowest BCUT2D eigenvalue weighted by Gasteiger charge is -2.18. The van der Waals surface area contributed by atoms with Crippen molar-refractivity contribution >= 4 is 33.4 Å². The van der Waals surface area contributed by atoms with Crippen LogP contribution in [0.4, 0.5) is 5.69 Å². The highest BCUT2D eigenvalue weighted by atomic mass is 79.9. The molecule has 0 radical (unpaired) electrons. The lowest BCUT2D eigenvalue weighted by Crippen LogP contribution is -2.30. The lowest BCUT2D eigenvalue weighted by molar-refractivity contribution is 0.0773. The predicted octanol–water partition coefficient (Wildman–Crippen LogP) is 4.97. The summed E-state index contributed by atoms with van der Waals surface area (Å²) < 4.78 is 6.34. The molecule has 5 nitrogen and oxygen atoms in total. The number of amides is 2. The Morgan fingerprint density at radius 1 is 1.00 bits per heavy atom. The van der Waals surface area contributed by atoms with Crippen LogP contribution in [-0.2, 0) is 0 Å². The van der Waals surface area contributed by atoms with E-state index in [9.17, 15) is 9.59 Å². The zero-order valence-corrected chi connectivity index (χ0v) is 17.5. The van der Waals surface area contributed by atoms with E-state index in [0.717, 1.165) is 10.9 Å². The lowest BCUT2D eigenvalue weighted by atomic mass is 10.1. The first-order valence-electron chi connectivity index (χ1n) is 9.13. The molecule has 27 heavy (non-hydrogen) atoms. The number of nitrogens with zero attached hydrogens (tertiary/aromatic N) is 1. The summed E-state index contributed by atoms with van der Waals surface area (Å²) >= 11 is 3.44. The van der Waals surface area contributed by atoms with Gasteiger partial charge in [-0.05, 0) is 78.7 Å². The van der Waals surface area contributed by atoms with Crippen LogP contribution in [0.2, 0.25) is 0 Å². The third kappa shape index (κ3) is 5.57. The third-order valence-corrected chi connectivity index (χ3v) is 4.72. The summed E-state index contributed by atoms with van der Waals surface area (Å²) in [5, 5.41) is 2.85. The van der Waals surface area contributed by atoms with Gasteiger partial charge < -0.3 is 15.0 Å². The molecule has 0 aliphatic carbocycles. The number of nitrogens with one attached hydrogen (secondary N) is 1. The summed E-state index contributed by atoms with van der Waals surface area (Å²) in [5.41, 5.74) is 1.77. The molecule has 2 amide bonds. The molecule has 0 aliphatic rings. The second kappa shape index (κ2) is 10.1. The van der Waals surface area contributed by atoms with Crippen molar-refractivity contribution in [3.63, 3.8) is 0 Å². The Morgan fingerprint density at radius 3 is 2.19 bits per heavy atom. The molecule has 0 aliphatic heterocycles. The number of halogens is 1. The van der Waals surface area contributed by atoms with E-state index in [2.05, 4.69) is 21.2 Å². The van der Waals surface area contributed by atoms with Gasteiger partial charge in [-0.2, -0.15) is 0 Å². The van der Waals surface area contributed by atoms with Crippen LogP contribution in [0.25, 0.3) is 0 Å². The van der Waals surface area contributed by atoms with Crippen molar-refractivity contribution in [2.24, 2.45) is 0 Å². The first-order chi connectivity index (χ1) is 13.0. The molecule has 0 unspecified atom stereocenters. The maximum Gasteiger partial charge on any atom is 0.255 e. The Balaban J connectivity index is 2.05. The SMILES string of the molecule is CCCOc1ccc(C(=O)Nc2ccc(C(=O)N(CC)CC)cc2)cc1Br. The van der Waals surface area contributed by atoms with Gasteiger partial charge in [-0.3, -0.25) is 9.59 Å². The molecule has 144 valence electrons. The van der Waals surface area contributed by atoms with E-state index < -0.39 is 0 Å². The van der Waals surface area contributed by atoms with Gasteiger partial charge in [0.25, 0.3) is 11.8 Å². The van der Waals surface area contributed by atoms with E-state index in [-0.39, 0.29) is 11.8 Å². The minimum atomic E-state index is -0.222. The first-order valence-corrected chi connectivity index (χ1v) is 9.92. The molecule has 1 N–H and O–H groups in total. The minimum Gasteiger partial charge on any atom is -0.492 e. The van der Waals surface area contributed by atoms with Crippen molar-refractivity contribution in [1.82, 2.24) is 4.90 Å². The van der Waals surface area contributed by atoms with Gasteiger partial charge >= 0.3 is 0 Å².